The molecule has 3 rings (SSSR count). The Morgan fingerprint density at radius 1 is 1.17 bits per heavy atom. The van der Waals surface area contributed by atoms with Gasteiger partial charge in [-0.25, -0.2) is 19.9 Å². The number of hydrogen-bond donors (Lipinski definition) is 5. The predicted octanol–water partition coefficient (Wildman–Crippen LogP) is 2.50. The van der Waals surface area contributed by atoms with Crippen LogP contribution in [-0.4, -0.2) is 27.0 Å². The van der Waals surface area contributed by atoms with Gasteiger partial charge in [-0.05, 0) is 37.3 Å². The second-order valence-electron chi connectivity index (χ2n) is 7.20. The molecule has 0 spiro atoms. The van der Waals surface area contributed by atoms with Crippen molar-refractivity contribution in [3.8, 4) is 0 Å². The lowest BCUT2D eigenvalue weighted by atomic mass is 9.87. The molecule has 0 saturated carbocycles. The molecule has 30 heavy (non-hydrogen) atoms. The normalized spacial score (nSPS) is 12.2. The van der Waals surface area contributed by atoms with Crippen LogP contribution < -0.4 is 27.8 Å². The van der Waals surface area contributed by atoms with Gasteiger partial charge in [-0.1, -0.05) is 13.8 Å². The van der Waals surface area contributed by atoms with Crippen molar-refractivity contribution in [3.63, 3.8) is 0 Å². The van der Waals surface area contributed by atoms with Crippen LogP contribution in [0, 0.1) is 6.92 Å². The van der Waals surface area contributed by atoms with E-state index in [-0.39, 0.29) is 0 Å². The second-order valence-corrected chi connectivity index (χ2v) is 7.20. The van der Waals surface area contributed by atoms with Gasteiger partial charge in [-0.2, -0.15) is 0 Å². The standard InChI is InChI=1S/C21H29N9/c1-5-21(24,6-2)18-12(3)20(28-11-27-18)30-17-8-13-7-15(16(9-22)25-4)29-19(23)14(13)10-26-17/h7-11,25H,5-6,22,24H2,1-4H3,(H2,23,29)(H,26,27,28,30)/b16-9-. The second kappa shape index (κ2) is 8.50. The Hall–Kier alpha value is -3.46. The first-order chi connectivity index (χ1) is 14.4. The van der Waals surface area contributed by atoms with Crippen molar-refractivity contribution in [2.45, 2.75) is 39.2 Å². The fourth-order valence-corrected chi connectivity index (χ4v) is 3.46. The molecular formula is C21H29N9. The number of fused-ring (bicyclic) bond motifs is 1. The summed E-state index contributed by atoms with van der Waals surface area (Å²) in [5, 5.41) is 7.94. The summed E-state index contributed by atoms with van der Waals surface area (Å²) in [6.07, 6.45) is 6.25. The smallest absolute Gasteiger partial charge is 0.138 e. The van der Waals surface area contributed by atoms with Crippen LogP contribution >= 0.6 is 0 Å². The summed E-state index contributed by atoms with van der Waals surface area (Å²) in [6, 6.07) is 3.81. The van der Waals surface area contributed by atoms with E-state index in [1.807, 2.05) is 19.1 Å². The Labute approximate surface area is 176 Å². The maximum atomic E-state index is 6.57. The topological polar surface area (TPSA) is 154 Å². The highest BCUT2D eigenvalue weighted by molar-refractivity contribution is 5.93. The minimum Gasteiger partial charge on any atom is -0.403 e. The Morgan fingerprint density at radius 3 is 2.53 bits per heavy atom. The van der Waals surface area contributed by atoms with Gasteiger partial charge in [-0.15, -0.1) is 0 Å². The third-order valence-electron chi connectivity index (χ3n) is 5.52. The van der Waals surface area contributed by atoms with Crippen molar-refractivity contribution in [1.29, 1.82) is 0 Å². The van der Waals surface area contributed by atoms with E-state index in [0.29, 0.717) is 28.8 Å². The van der Waals surface area contributed by atoms with Crippen LogP contribution in [-0.2, 0) is 5.54 Å². The molecule has 0 aliphatic heterocycles. The van der Waals surface area contributed by atoms with Crippen molar-refractivity contribution >= 4 is 33.9 Å². The SMILES string of the molecule is CCC(N)(CC)c1ncnc(Nc2cc3cc(/C(=C/N)NC)nc(N)c3cn2)c1C. The van der Waals surface area contributed by atoms with E-state index >= 15 is 0 Å². The molecule has 3 aromatic heterocycles. The van der Waals surface area contributed by atoms with Crippen LogP contribution in [0.3, 0.4) is 0 Å². The Balaban J connectivity index is 2.03. The summed E-state index contributed by atoms with van der Waals surface area (Å²) < 4.78 is 0. The summed E-state index contributed by atoms with van der Waals surface area (Å²) in [7, 11) is 1.78. The molecule has 0 fully saturated rings. The minimum absolute atomic E-state index is 0.385. The molecule has 0 bridgehead atoms. The average Bonchev–Trinajstić information content (AvgIpc) is 2.75. The summed E-state index contributed by atoms with van der Waals surface area (Å²) in [5.41, 5.74) is 21.0. The minimum atomic E-state index is -0.493. The predicted molar refractivity (Wildman–Crippen MR) is 122 cm³/mol. The molecule has 0 aromatic carbocycles. The lowest BCUT2D eigenvalue weighted by Gasteiger charge is -2.28. The molecule has 0 unspecified atom stereocenters. The molecule has 158 valence electrons. The number of aromatic nitrogens is 4. The van der Waals surface area contributed by atoms with E-state index in [1.54, 1.807) is 13.2 Å². The number of nitrogens with zero attached hydrogens (tertiary/aromatic N) is 4. The molecule has 3 heterocycles. The number of hydrogen-bond acceptors (Lipinski definition) is 9. The lowest BCUT2D eigenvalue weighted by molar-refractivity contribution is 0.397. The lowest BCUT2D eigenvalue weighted by Crippen LogP contribution is -2.37. The number of rotatable bonds is 7. The van der Waals surface area contributed by atoms with E-state index < -0.39 is 5.54 Å². The van der Waals surface area contributed by atoms with Crippen LogP contribution in [0.2, 0.25) is 0 Å². The number of nitrogen functional groups attached to an aromatic ring is 1. The van der Waals surface area contributed by atoms with Crippen LogP contribution in [0.15, 0.2) is 30.9 Å². The zero-order valence-corrected chi connectivity index (χ0v) is 17.8. The zero-order valence-electron chi connectivity index (χ0n) is 17.8. The van der Waals surface area contributed by atoms with E-state index in [0.717, 1.165) is 34.9 Å². The van der Waals surface area contributed by atoms with Gasteiger partial charge < -0.3 is 27.8 Å². The van der Waals surface area contributed by atoms with Crippen molar-refractivity contribution in [1.82, 2.24) is 25.3 Å². The van der Waals surface area contributed by atoms with Crippen LogP contribution in [0.5, 0.6) is 0 Å². The third kappa shape index (κ3) is 3.84. The Kier molecular flexibility index (Phi) is 6.02. The third-order valence-corrected chi connectivity index (χ3v) is 5.52. The average molecular weight is 408 g/mol. The first kappa shape index (κ1) is 21.3. The summed E-state index contributed by atoms with van der Waals surface area (Å²) >= 11 is 0. The number of anilines is 3. The van der Waals surface area contributed by atoms with Crippen LogP contribution in [0.4, 0.5) is 17.5 Å². The van der Waals surface area contributed by atoms with Gasteiger partial charge in [0.25, 0.3) is 0 Å². The summed E-state index contributed by atoms with van der Waals surface area (Å²) in [5.74, 6) is 1.68. The largest absolute Gasteiger partial charge is 0.403 e. The van der Waals surface area contributed by atoms with E-state index in [2.05, 4.69) is 44.4 Å². The molecule has 3 aromatic rings. The highest BCUT2D eigenvalue weighted by atomic mass is 15.1. The molecular weight excluding hydrogens is 378 g/mol. The molecule has 0 saturated heterocycles. The van der Waals surface area contributed by atoms with Gasteiger partial charge in [0, 0.05) is 30.4 Å². The Morgan fingerprint density at radius 2 is 1.90 bits per heavy atom. The Bertz CT molecular complexity index is 1090. The molecule has 0 atom stereocenters. The van der Waals surface area contributed by atoms with Gasteiger partial charge in [0.2, 0.25) is 0 Å². The fraction of sp³-hybridized carbons (Fsp3) is 0.333. The van der Waals surface area contributed by atoms with E-state index in [9.17, 15) is 0 Å². The quantitative estimate of drug-likeness (QED) is 0.397. The fourth-order valence-electron chi connectivity index (χ4n) is 3.46. The molecule has 0 amide bonds. The van der Waals surface area contributed by atoms with Gasteiger partial charge in [-0.3, -0.25) is 0 Å². The summed E-state index contributed by atoms with van der Waals surface area (Å²) in [6.45, 7) is 6.10. The van der Waals surface area contributed by atoms with E-state index in [4.69, 9.17) is 17.2 Å². The van der Waals surface area contributed by atoms with Crippen molar-refractivity contribution < 1.29 is 0 Å². The first-order valence-electron chi connectivity index (χ1n) is 9.91. The van der Waals surface area contributed by atoms with E-state index in [1.165, 1.54) is 12.5 Å². The maximum Gasteiger partial charge on any atom is 0.138 e. The molecule has 8 N–H and O–H groups in total. The van der Waals surface area contributed by atoms with Crippen molar-refractivity contribution in [2.75, 3.05) is 18.1 Å². The molecule has 0 aliphatic carbocycles. The maximum absolute atomic E-state index is 6.57. The highest BCUT2D eigenvalue weighted by Crippen LogP contribution is 2.31. The van der Waals surface area contributed by atoms with Gasteiger partial charge in [0.15, 0.2) is 0 Å². The number of nitrogens with one attached hydrogen (secondary N) is 2. The first-order valence-corrected chi connectivity index (χ1v) is 9.91. The van der Waals surface area contributed by atoms with Crippen LogP contribution in [0.25, 0.3) is 16.5 Å². The monoisotopic (exact) mass is 407 g/mol. The zero-order chi connectivity index (χ0) is 21.9. The van der Waals surface area contributed by atoms with Crippen LogP contribution in [0.1, 0.15) is 43.6 Å². The van der Waals surface area contributed by atoms with Gasteiger partial charge >= 0.3 is 0 Å². The summed E-state index contributed by atoms with van der Waals surface area (Å²) in [4.78, 5) is 17.7. The number of nitrogens with two attached hydrogens (primary N) is 3. The molecule has 9 heteroatoms. The van der Waals surface area contributed by atoms with Gasteiger partial charge in [0.05, 0.1) is 22.6 Å². The van der Waals surface area contributed by atoms with Gasteiger partial charge in [0.1, 0.15) is 23.8 Å². The van der Waals surface area contributed by atoms with Crippen molar-refractivity contribution in [2.24, 2.45) is 11.5 Å². The molecule has 9 nitrogen and oxygen atoms in total. The molecule has 0 aliphatic rings. The van der Waals surface area contributed by atoms with Crippen molar-refractivity contribution in [3.05, 3.63) is 47.8 Å². The molecule has 0 radical (unpaired) electrons. The highest BCUT2D eigenvalue weighted by Gasteiger charge is 2.27. The number of pyridine rings is 2.